The maximum atomic E-state index is 14.6. The fourth-order valence-electron chi connectivity index (χ4n) is 4.87. The molecule has 0 bridgehead atoms. The molecular formula is C28H28FN3O5. The molecule has 2 aliphatic rings. The van der Waals surface area contributed by atoms with E-state index in [-0.39, 0.29) is 24.3 Å². The molecule has 192 valence electrons. The highest BCUT2D eigenvalue weighted by molar-refractivity contribution is 5.98. The zero-order valence-electron chi connectivity index (χ0n) is 20.7. The molecule has 1 spiro atoms. The van der Waals surface area contributed by atoms with Gasteiger partial charge in [-0.25, -0.2) is 9.18 Å². The van der Waals surface area contributed by atoms with Crippen molar-refractivity contribution in [1.29, 1.82) is 0 Å². The number of nitrogens with one attached hydrogen (secondary N) is 1. The topological polar surface area (TPSA) is 80.3 Å². The minimum Gasteiger partial charge on any atom is -0.497 e. The van der Waals surface area contributed by atoms with Crippen LogP contribution in [0.1, 0.15) is 28.8 Å². The van der Waals surface area contributed by atoms with Crippen LogP contribution >= 0.6 is 0 Å². The van der Waals surface area contributed by atoms with E-state index in [0.717, 1.165) is 0 Å². The number of benzene rings is 3. The molecule has 3 aromatic rings. The Morgan fingerprint density at radius 3 is 2.49 bits per heavy atom. The lowest BCUT2D eigenvalue weighted by molar-refractivity contribution is -0.109. The Balaban J connectivity index is 1.37. The number of nitrogens with zero attached hydrogens (tertiary/aromatic N) is 2. The van der Waals surface area contributed by atoms with Crippen LogP contribution < -0.4 is 19.5 Å². The Hall–Kier alpha value is -4.27. The fourth-order valence-corrected chi connectivity index (χ4v) is 4.87. The second-order valence-corrected chi connectivity index (χ2v) is 9.01. The molecule has 1 fully saturated rings. The van der Waals surface area contributed by atoms with Crippen LogP contribution in [0.5, 0.6) is 17.2 Å². The minimum absolute atomic E-state index is 0.0625. The summed E-state index contributed by atoms with van der Waals surface area (Å²) in [5.41, 5.74) is 0.336. The molecule has 2 aliphatic heterocycles. The van der Waals surface area contributed by atoms with Gasteiger partial charge in [0, 0.05) is 37.6 Å². The normalized spacial score (nSPS) is 16.1. The third-order valence-electron chi connectivity index (χ3n) is 6.92. The highest BCUT2D eigenvalue weighted by Crippen LogP contribution is 2.41. The van der Waals surface area contributed by atoms with Crippen LogP contribution in [0.3, 0.4) is 0 Å². The molecule has 37 heavy (non-hydrogen) atoms. The molecule has 0 aliphatic carbocycles. The van der Waals surface area contributed by atoms with Crippen LogP contribution in [0.4, 0.5) is 14.9 Å². The number of ether oxygens (including phenoxy) is 3. The zero-order chi connectivity index (χ0) is 26.0. The summed E-state index contributed by atoms with van der Waals surface area (Å²) in [5.74, 6) is 0.996. The molecule has 1 N–H and O–H groups in total. The number of methoxy groups -OCH3 is 2. The molecule has 0 aromatic heterocycles. The third-order valence-corrected chi connectivity index (χ3v) is 6.92. The molecule has 0 unspecified atom stereocenters. The standard InChI is InChI=1S/C28H28FN3O5/c1-35-20-11-12-25(36-2)23(17-20)30-27(34)31-15-13-28(14-16-31)32(18-19-7-3-5-9-22(19)29)26(33)21-8-4-6-10-24(21)37-28/h3-12,17H,13-16,18H2,1-2H3,(H,30,34). The summed E-state index contributed by atoms with van der Waals surface area (Å²) in [6, 6.07) is 18.3. The number of carbonyl (C=O) groups is 2. The van der Waals surface area contributed by atoms with E-state index < -0.39 is 5.72 Å². The first-order chi connectivity index (χ1) is 17.9. The second-order valence-electron chi connectivity index (χ2n) is 9.01. The minimum atomic E-state index is -1.00. The quantitative estimate of drug-likeness (QED) is 0.534. The van der Waals surface area contributed by atoms with Gasteiger partial charge in [-0.15, -0.1) is 0 Å². The van der Waals surface area contributed by atoms with Crippen molar-refractivity contribution < 1.29 is 28.2 Å². The van der Waals surface area contributed by atoms with Gasteiger partial charge in [0.1, 0.15) is 23.1 Å². The molecule has 0 atom stereocenters. The number of piperidine rings is 1. The molecule has 0 saturated carbocycles. The van der Waals surface area contributed by atoms with E-state index in [1.165, 1.54) is 13.2 Å². The van der Waals surface area contributed by atoms with Gasteiger partial charge in [0.15, 0.2) is 5.72 Å². The second kappa shape index (κ2) is 10.0. The number of hydrogen-bond donors (Lipinski definition) is 1. The maximum absolute atomic E-state index is 14.6. The van der Waals surface area contributed by atoms with Crippen LogP contribution in [0.2, 0.25) is 0 Å². The Bertz CT molecular complexity index is 1320. The smallest absolute Gasteiger partial charge is 0.321 e. The van der Waals surface area contributed by atoms with Gasteiger partial charge in [-0.3, -0.25) is 9.69 Å². The molecule has 1 saturated heterocycles. The summed E-state index contributed by atoms with van der Waals surface area (Å²) in [6.07, 6.45) is 0.731. The Morgan fingerprint density at radius 1 is 1.03 bits per heavy atom. The van der Waals surface area contributed by atoms with Crippen molar-refractivity contribution in [3.05, 3.63) is 83.7 Å². The molecule has 9 heteroatoms. The number of amides is 3. The van der Waals surface area contributed by atoms with Crippen molar-refractivity contribution in [2.45, 2.75) is 25.1 Å². The van der Waals surface area contributed by atoms with Gasteiger partial charge < -0.3 is 24.4 Å². The van der Waals surface area contributed by atoms with E-state index in [9.17, 15) is 14.0 Å². The number of para-hydroxylation sites is 1. The molecular weight excluding hydrogens is 477 g/mol. The van der Waals surface area contributed by atoms with Crippen molar-refractivity contribution >= 4 is 17.6 Å². The van der Waals surface area contributed by atoms with Gasteiger partial charge in [0.2, 0.25) is 0 Å². The van der Waals surface area contributed by atoms with Gasteiger partial charge >= 0.3 is 6.03 Å². The summed E-state index contributed by atoms with van der Waals surface area (Å²) in [7, 11) is 3.08. The van der Waals surface area contributed by atoms with Crippen molar-refractivity contribution in [2.24, 2.45) is 0 Å². The zero-order valence-corrected chi connectivity index (χ0v) is 20.7. The molecule has 5 rings (SSSR count). The number of fused-ring (bicyclic) bond motifs is 1. The Morgan fingerprint density at radius 2 is 1.76 bits per heavy atom. The van der Waals surface area contributed by atoms with Crippen LogP contribution in [-0.2, 0) is 6.54 Å². The number of urea groups is 1. The largest absolute Gasteiger partial charge is 0.497 e. The highest BCUT2D eigenvalue weighted by Gasteiger charge is 2.49. The average Bonchev–Trinajstić information content (AvgIpc) is 2.92. The number of rotatable bonds is 5. The number of carbonyl (C=O) groups excluding carboxylic acids is 2. The number of likely N-dealkylation sites (tertiary alicyclic amines) is 1. The highest BCUT2D eigenvalue weighted by atomic mass is 19.1. The lowest BCUT2D eigenvalue weighted by atomic mass is 9.93. The van der Waals surface area contributed by atoms with Crippen molar-refractivity contribution in [2.75, 3.05) is 32.6 Å². The molecule has 2 heterocycles. The lowest BCUT2D eigenvalue weighted by Gasteiger charge is -2.50. The van der Waals surface area contributed by atoms with E-state index >= 15 is 0 Å². The summed E-state index contributed by atoms with van der Waals surface area (Å²) in [6.45, 7) is 0.732. The first-order valence-electron chi connectivity index (χ1n) is 12.1. The van der Waals surface area contributed by atoms with Crippen LogP contribution in [0.25, 0.3) is 0 Å². The molecule has 0 radical (unpaired) electrons. The first kappa shape index (κ1) is 24.4. The van der Waals surface area contributed by atoms with Gasteiger partial charge in [-0.1, -0.05) is 30.3 Å². The van der Waals surface area contributed by atoms with Gasteiger partial charge in [-0.2, -0.15) is 0 Å². The first-order valence-corrected chi connectivity index (χ1v) is 12.1. The lowest BCUT2D eigenvalue weighted by Crippen LogP contribution is -2.63. The van der Waals surface area contributed by atoms with E-state index in [1.54, 1.807) is 71.5 Å². The average molecular weight is 506 g/mol. The van der Waals surface area contributed by atoms with E-state index in [0.29, 0.717) is 60.0 Å². The summed E-state index contributed by atoms with van der Waals surface area (Å²) in [4.78, 5) is 30.0. The van der Waals surface area contributed by atoms with Crippen molar-refractivity contribution in [3.8, 4) is 17.2 Å². The van der Waals surface area contributed by atoms with Crippen LogP contribution in [-0.4, -0.2) is 54.8 Å². The van der Waals surface area contributed by atoms with Crippen molar-refractivity contribution in [1.82, 2.24) is 9.80 Å². The van der Waals surface area contributed by atoms with Crippen LogP contribution in [0, 0.1) is 5.82 Å². The molecule has 8 nitrogen and oxygen atoms in total. The number of anilines is 1. The predicted molar refractivity (Wildman–Crippen MR) is 135 cm³/mol. The third kappa shape index (κ3) is 4.64. The number of halogens is 1. The predicted octanol–water partition coefficient (Wildman–Crippen LogP) is 4.90. The number of hydrogen-bond acceptors (Lipinski definition) is 5. The van der Waals surface area contributed by atoms with Gasteiger partial charge in [0.05, 0.1) is 32.0 Å². The monoisotopic (exact) mass is 505 g/mol. The molecule has 3 amide bonds. The Kier molecular flexibility index (Phi) is 6.60. The van der Waals surface area contributed by atoms with Crippen molar-refractivity contribution in [3.63, 3.8) is 0 Å². The Labute approximate surface area is 214 Å². The summed E-state index contributed by atoms with van der Waals surface area (Å²) in [5, 5.41) is 2.89. The maximum Gasteiger partial charge on any atom is 0.321 e. The summed E-state index contributed by atoms with van der Waals surface area (Å²) >= 11 is 0. The molecule has 3 aromatic carbocycles. The SMILES string of the molecule is COc1ccc(OC)c(NC(=O)N2CCC3(CC2)Oc2ccccc2C(=O)N3Cc2ccccc2F)c1. The van der Waals surface area contributed by atoms with E-state index in [4.69, 9.17) is 14.2 Å². The van der Waals surface area contributed by atoms with Gasteiger partial charge in [0.25, 0.3) is 5.91 Å². The van der Waals surface area contributed by atoms with Gasteiger partial charge in [-0.05, 0) is 30.3 Å². The van der Waals surface area contributed by atoms with E-state index in [2.05, 4.69) is 5.32 Å². The van der Waals surface area contributed by atoms with E-state index in [1.807, 2.05) is 6.07 Å². The van der Waals surface area contributed by atoms with Crippen LogP contribution in [0.15, 0.2) is 66.7 Å². The summed E-state index contributed by atoms with van der Waals surface area (Å²) < 4.78 is 31.6. The fraction of sp³-hybridized carbons (Fsp3) is 0.286.